The van der Waals surface area contributed by atoms with Crippen LogP contribution in [0.5, 0.6) is 5.75 Å². The van der Waals surface area contributed by atoms with Gasteiger partial charge in [0, 0.05) is 31.3 Å². The first-order valence-corrected chi connectivity index (χ1v) is 7.85. The van der Waals surface area contributed by atoms with E-state index in [4.69, 9.17) is 4.74 Å². The van der Waals surface area contributed by atoms with Crippen LogP contribution in [-0.2, 0) is 16.6 Å². The summed E-state index contributed by atoms with van der Waals surface area (Å²) in [5.74, 6) is -2.14. The van der Waals surface area contributed by atoms with Crippen molar-refractivity contribution < 1.29 is 23.8 Å². The number of carbonyl (C=O) groups excluding carboxylic acids is 1. The van der Waals surface area contributed by atoms with E-state index in [1.807, 2.05) is 0 Å². The molecule has 25 heavy (non-hydrogen) atoms. The van der Waals surface area contributed by atoms with Gasteiger partial charge in [-0.1, -0.05) is 6.07 Å². The summed E-state index contributed by atoms with van der Waals surface area (Å²) in [6.07, 6.45) is 3.22. The fourth-order valence-electron chi connectivity index (χ4n) is 3.10. The Balaban J connectivity index is 1.73. The summed E-state index contributed by atoms with van der Waals surface area (Å²) in [5.41, 5.74) is 0.673. The fourth-order valence-corrected chi connectivity index (χ4v) is 3.10. The largest absolute Gasteiger partial charge is 0.492 e. The second kappa shape index (κ2) is 6.92. The third kappa shape index (κ3) is 3.62. The molecule has 0 radical (unpaired) electrons. The first-order chi connectivity index (χ1) is 12.0. The van der Waals surface area contributed by atoms with E-state index in [1.54, 1.807) is 30.2 Å². The van der Waals surface area contributed by atoms with Gasteiger partial charge in [0.05, 0.1) is 24.7 Å². The molecule has 1 fully saturated rings. The topological polar surface area (TPSA) is 84.7 Å². The minimum absolute atomic E-state index is 0.0607. The van der Waals surface area contributed by atoms with Crippen LogP contribution in [0.15, 0.2) is 36.7 Å². The van der Waals surface area contributed by atoms with Gasteiger partial charge in [-0.2, -0.15) is 5.10 Å². The normalized spacial score (nSPS) is 20.1. The number of nitrogens with zero attached hydrogens (tertiary/aromatic N) is 3. The number of hydrogen-bond acceptors (Lipinski definition) is 4. The van der Waals surface area contributed by atoms with Crippen LogP contribution in [0.4, 0.5) is 4.39 Å². The number of carboxylic acid groups (broad SMARTS) is 1. The van der Waals surface area contributed by atoms with Crippen LogP contribution in [0.3, 0.4) is 0 Å². The van der Waals surface area contributed by atoms with Crippen LogP contribution in [0.2, 0.25) is 0 Å². The molecule has 1 saturated heterocycles. The van der Waals surface area contributed by atoms with Crippen LogP contribution in [0, 0.1) is 11.7 Å². The first kappa shape index (κ1) is 16.9. The maximum atomic E-state index is 13.2. The summed E-state index contributed by atoms with van der Waals surface area (Å²) in [5, 5.41) is 13.5. The summed E-state index contributed by atoms with van der Waals surface area (Å²) in [4.78, 5) is 25.3. The van der Waals surface area contributed by atoms with Crippen molar-refractivity contribution in [2.45, 2.75) is 12.5 Å². The van der Waals surface area contributed by atoms with E-state index in [0.29, 0.717) is 11.3 Å². The molecule has 0 bridgehead atoms. The van der Waals surface area contributed by atoms with Crippen molar-refractivity contribution in [2.24, 2.45) is 13.0 Å². The molecule has 0 spiro atoms. The molecule has 2 atom stereocenters. The molecule has 132 valence electrons. The Morgan fingerprint density at radius 3 is 2.92 bits per heavy atom. The number of amides is 1. The van der Waals surface area contributed by atoms with Crippen LogP contribution < -0.4 is 4.74 Å². The van der Waals surface area contributed by atoms with Gasteiger partial charge < -0.3 is 14.7 Å². The number of benzene rings is 1. The number of aromatic nitrogens is 2. The lowest BCUT2D eigenvalue weighted by Crippen LogP contribution is -2.33. The van der Waals surface area contributed by atoms with E-state index < -0.39 is 23.7 Å². The highest BCUT2D eigenvalue weighted by Crippen LogP contribution is 2.37. The zero-order chi connectivity index (χ0) is 18.0. The lowest BCUT2D eigenvalue weighted by Gasteiger charge is -2.26. The van der Waals surface area contributed by atoms with Crippen molar-refractivity contribution in [1.29, 1.82) is 0 Å². The van der Waals surface area contributed by atoms with Gasteiger partial charge in [-0.25, -0.2) is 4.39 Å². The number of rotatable bonds is 6. The van der Waals surface area contributed by atoms with Gasteiger partial charge >= 0.3 is 5.97 Å². The fraction of sp³-hybridized carbons (Fsp3) is 0.353. The van der Waals surface area contributed by atoms with Crippen molar-refractivity contribution in [3.05, 3.63) is 48.0 Å². The molecule has 0 saturated carbocycles. The number of hydrogen-bond donors (Lipinski definition) is 1. The number of carbonyl (C=O) groups is 2. The number of carboxylic acids is 1. The van der Waals surface area contributed by atoms with Crippen LogP contribution >= 0.6 is 0 Å². The van der Waals surface area contributed by atoms with Crippen molar-refractivity contribution in [2.75, 3.05) is 13.2 Å². The van der Waals surface area contributed by atoms with E-state index in [2.05, 4.69) is 5.10 Å². The quantitative estimate of drug-likeness (QED) is 0.858. The zero-order valence-corrected chi connectivity index (χ0v) is 13.6. The summed E-state index contributed by atoms with van der Waals surface area (Å²) in [7, 11) is 1.73. The maximum absolute atomic E-state index is 13.2. The molecule has 3 rings (SSSR count). The smallest absolute Gasteiger partial charge is 0.309 e. The van der Waals surface area contributed by atoms with Crippen LogP contribution in [0.1, 0.15) is 18.0 Å². The Hall–Kier alpha value is -2.90. The highest BCUT2D eigenvalue weighted by Gasteiger charge is 2.45. The third-order valence-electron chi connectivity index (χ3n) is 4.21. The summed E-state index contributed by atoms with van der Waals surface area (Å²) < 4.78 is 20.2. The molecule has 8 heteroatoms. The molecule has 1 aliphatic rings. The molecule has 2 unspecified atom stereocenters. The van der Waals surface area contributed by atoms with E-state index >= 15 is 0 Å². The summed E-state index contributed by atoms with van der Waals surface area (Å²) in [6.45, 7) is 0.344. The number of ether oxygens (including phenoxy) is 1. The average Bonchev–Trinajstić information content (AvgIpc) is 3.11. The predicted molar refractivity (Wildman–Crippen MR) is 85.3 cm³/mol. The molecule has 1 amide bonds. The zero-order valence-electron chi connectivity index (χ0n) is 13.6. The number of aliphatic carboxylic acids is 1. The Labute approximate surface area is 143 Å². The average molecular weight is 347 g/mol. The molecule has 1 aliphatic heterocycles. The lowest BCUT2D eigenvalue weighted by atomic mass is 9.96. The molecule has 2 aromatic rings. The number of aryl methyl sites for hydroxylation is 1. The van der Waals surface area contributed by atoms with Gasteiger partial charge in [0.25, 0.3) is 0 Å². The molecule has 1 aromatic heterocycles. The second-order valence-electron chi connectivity index (χ2n) is 5.93. The van der Waals surface area contributed by atoms with Crippen molar-refractivity contribution >= 4 is 11.9 Å². The minimum Gasteiger partial charge on any atom is -0.492 e. The summed E-state index contributed by atoms with van der Waals surface area (Å²) in [6, 6.07) is 5.13. The summed E-state index contributed by atoms with van der Waals surface area (Å²) >= 11 is 0. The van der Waals surface area contributed by atoms with E-state index in [-0.39, 0.29) is 25.5 Å². The van der Waals surface area contributed by atoms with Gasteiger partial charge in [0.1, 0.15) is 18.2 Å². The van der Waals surface area contributed by atoms with Gasteiger partial charge in [-0.15, -0.1) is 0 Å². The van der Waals surface area contributed by atoms with Crippen LogP contribution in [-0.4, -0.2) is 44.8 Å². The van der Waals surface area contributed by atoms with Gasteiger partial charge in [0.15, 0.2) is 0 Å². The second-order valence-corrected chi connectivity index (χ2v) is 5.93. The third-order valence-corrected chi connectivity index (χ3v) is 4.21. The van der Waals surface area contributed by atoms with Crippen molar-refractivity contribution in [3.8, 4) is 5.75 Å². The van der Waals surface area contributed by atoms with Crippen LogP contribution in [0.25, 0.3) is 0 Å². The van der Waals surface area contributed by atoms with Gasteiger partial charge in [0.2, 0.25) is 5.91 Å². The van der Waals surface area contributed by atoms with E-state index in [1.165, 1.54) is 23.1 Å². The van der Waals surface area contributed by atoms with Crippen molar-refractivity contribution in [3.63, 3.8) is 0 Å². The minimum atomic E-state index is -1.02. The Morgan fingerprint density at radius 2 is 2.28 bits per heavy atom. The number of likely N-dealkylation sites (tertiary alicyclic amines) is 1. The van der Waals surface area contributed by atoms with Crippen molar-refractivity contribution in [1.82, 2.24) is 14.7 Å². The molecular formula is C17H18FN3O4. The van der Waals surface area contributed by atoms with Gasteiger partial charge in [-0.05, 0) is 12.1 Å². The molecule has 1 aromatic carbocycles. The van der Waals surface area contributed by atoms with E-state index in [0.717, 1.165) is 0 Å². The Kier molecular flexibility index (Phi) is 4.69. The predicted octanol–water partition coefficient (Wildman–Crippen LogP) is 1.61. The first-order valence-electron chi connectivity index (χ1n) is 7.85. The Bertz CT molecular complexity index is 792. The highest BCUT2D eigenvalue weighted by atomic mass is 19.1. The standard InChI is InChI=1S/C17H18FN3O4/c1-20-10-11(9-19-20)16-14(17(23)24)8-15(22)21(16)5-6-25-13-4-2-3-12(18)7-13/h2-4,7,9-10,14,16H,5-6,8H2,1H3,(H,23,24). The maximum Gasteiger partial charge on any atom is 0.309 e. The number of halogens is 1. The molecule has 0 aliphatic carbocycles. The van der Waals surface area contributed by atoms with E-state index in [9.17, 15) is 19.1 Å². The molecule has 1 N–H and O–H groups in total. The monoisotopic (exact) mass is 347 g/mol. The van der Waals surface area contributed by atoms with Gasteiger partial charge in [-0.3, -0.25) is 14.3 Å². The molecule has 7 nitrogen and oxygen atoms in total. The SMILES string of the molecule is Cn1cc(C2C(C(=O)O)CC(=O)N2CCOc2cccc(F)c2)cn1. The Morgan fingerprint density at radius 1 is 1.48 bits per heavy atom. The molecular weight excluding hydrogens is 329 g/mol. The highest BCUT2D eigenvalue weighted by molar-refractivity contribution is 5.87. The molecule has 2 heterocycles. The lowest BCUT2D eigenvalue weighted by molar-refractivity contribution is -0.142.